The van der Waals surface area contributed by atoms with Crippen molar-refractivity contribution in [3.8, 4) is 11.1 Å². The van der Waals surface area contributed by atoms with Gasteiger partial charge >= 0.3 is 6.03 Å². The second kappa shape index (κ2) is 7.59. The number of carbonyl (C=O) groups excluding carboxylic acids is 1. The average Bonchev–Trinajstić information content (AvgIpc) is 2.56. The minimum Gasteiger partial charge on any atom is -0.331 e. The van der Waals surface area contributed by atoms with E-state index in [0.717, 1.165) is 29.7 Å². The van der Waals surface area contributed by atoms with Crippen molar-refractivity contribution in [2.24, 2.45) is 0 Å². The summed E-state index contributed by atoms with van der Waals surface area (Å²) in [6, 6.07) is 12.1. The van der Waals surface area contributed by atoms with Gasteiger partial charge in [0.1, 0.15) is 0 Å². The topological polar surface area (TPSA) is 45.2 Å². The number of hydrogen-bond acceptors (Lipinski definition) is 2. The summed E-state index contributed by atoms with van der Waals surface area (Å²) in [5.74, 6) is 0. The van der Waals surface area contributed by atoms with Gasteiger partial charge in [-0.3, -0.25) is 4.98 Å². The van der Waals surface area contributed by atoms with Crippen LogP contribution in [0.1, 0.15) is 31.9 Å². The van der Waals surface area contributed by atoms with Gasteiger partial charge in [-0.15, -0.1) is 0 Å². The predicted molar refractivity (Wildman–Crippen MR) is 89.5 cm³/mol. The molecular formula is C18H23N3O. The van der Waals surface area contributed by atoms with E-state index < -0.39 is 0 Å². The molecule has 0 radical (unpaired) electrons. The third-order valence-corrected chi connectivity index (χ3v) is 3.65. The number of aromatic nitrogens is 1. The van der Waals surface area contributed by atoms with Crippen molar-refractivity contribution in [2.45, 2.75) is 26.3 Å². The van der Waals surface area contributed by atoms with Gasteiger partial charge in [0.2, 0.25) is 0 Å². The second-order valence-electron chi connectivity index (χ2n) is 5.46. The van der Waals surface area contributed by atoms with E-state index >= 15 is 0 Å². The van der Waals surface area contributed by atoms with E-state index in [4.69, 9.17) is 0 Å². The summed E-state index contributed by atoms with van der Waals surface area (Å²) in [7, 11) is 1.82. The minimum atomic E-state index is -0.0364. The van der Waals surface area contributed by atoms with Crippen LogP contribution in [0.2, 0.25) is 0 Å². The summed E-state index contributed by atoms with van der Waals surface area (Å²) >= 11 is 0. The molecule has 1 aromatic heterocycles. The monoisotopic (exact) mass is 297 g/mol. The molecular weight excluding hydrogens is 274 g/mol. The lowest BCUT2D eigenvalue weighted by Gasteiger charge is -2.21. The second-order valence-corrected chi connectivity index (χ2v) is 5.46. The molecule has 1 N–H and O–H groups in total. The van der Waals surface area contributed by atoms with E-state index in [1.807, 2.05) is 44.4 Å². The maximum atomic E-state index is 12.0. The average molecular weight is 297 g/mol. The quantitative estimate of drug-likeness (QED) is 0.910. The Morgan fingerprint density at radius 1 is 1.23 bits per heavy atom. The van der Waals surface area contributed by atoms with E-state index in [1.54, 1.807) is 11.1 Å². The van der Waals surface area contributed by atoms with Crippen molar-refractivity contribution in [3.05, 3.63) is 54.4 Å². The molecule has 0 aliphatic heterocycles. The highest BCUT2D eigenvalue weighted by Gasteiger charge is 2.12. The van der Waals surface area contributed by atoms with Crippen LogP contribution in [-0.2, 0) is 0 Å². The van der Waals surface area contributed by atoms with Crippen molar-refractivity contribution in [3.63, 3.8) is 0 Å². The Hall–Kier alpha value is -2.36. The van der Waals surface area contributed by atoms with Gasteiger partial charge in [0.15, 0.2) is 0 Å². The molecule has 0 aliphatic rings. The number of nitrogens with zero attached hydrogens (tertiary/aromatic N) is 2. The summed E-state index contributed by atoms with van der Waals surface area (Å²) in [6.07, 6.45) is 4.57. The van der Waals surface area contributed by atoms with E-state index in [1.165, 1.54) is 0 Å². The number of pyridine rings is 1. The Balaban J connectivity index is 2.02. The molecule has 2 amide bonds. The fraction of sp³-hybridized carbons (Fsp3) is 0.333. The molecule has 22 heavy (non-hydrogen) atoms. The summed E-state index contributed by atoms with van der Waals surface area (Å²) in [5.41, 5.74) is 3.30. The molecule has 4 heteroatoms. The molecule has 4 nitrogen and oxygen atoms in total. The molecule has 116 valence electrons. The Morgan fingerprint density at radius 3 is 2.55 bits per heavy atom. The Bertz CT molecular complexity index is 595. The number of rotatable bonds is 5. The maximum absolute atomic E-state index is 12.0. The zero-order valence-corrected chi connectivity index (χ0v) is 13.4. The van der Waals surface area contributed by atoms with Gasteiger partial charge in [-0.2, -0.15) is 0 Å². The molecule has 0 unspecified atom stereocenters. The molecule has 1 heterocycles. The van der Waals surface area contributed by atoms with Crippen molar-refractivity contribution in [2.75, 3.05) is 13.6 Å². The smallest absolute Gasteiger partial charge is 0.317 e. The molecule has 0 bridgehead atoms. The van der Waals surface area contributed by atoms with Gasteiger partial charge in [-0.1, -0.05) is 37.3 Å². The zero-order chi connectivity index (χ0) is 15.9. The molecule has 1 atom stereocenters. The summed E-state index contributed by atoms with van der Waals surface area (Å²) in [5, 5.41) is 3.01. The fourth-order valence-electron chi connectivity index (χ4n) is 2.31. The van der Waals surface area contributed by atoms with Crippen LogP contribution in [-0.4, -0.2) is 29.5 Å². The lowest BCUT2D eigenvalue weighted by Crippen LogP contribution is -2.38. The normalized spacial score (nSPS) is 11.8. The summed E-state index contributed by atoms with van der Waals surface area (Å²) < 4.78 is 0. The Kier molecular flexibility index (Phi) is 5.53. The van der Waals surface area contributed by atoms with Crippen LogP contribution in [0.4, 0.5) is 4.79 Å². The van der Waals surface area contributed by atoms with Crippen LogP contribution in [0, 0.1) is 0 Å². The predicted octanol–water partition coefficient (Wildman–Crippen LogP) is 3.86. The molecule has 0 spiro atoms. The SMILES string of the molecule is CCCN(C)C(=O)N[C@@H](C)c1ccc(-c2cccnc2)cc1. The van der Waals surface area contributed by atoms with Gasteiger partial charge in [0.05, 0.1) is 6.04 Å². The molecule has 0 saturated carbocycles. The highest BCUT2D eigenvalue weighted by Crippen LogP contribution is 2.21. The molecule has 2 rings (SSSR count). The first-order valence-electron chi connectivity index (χ1n) is 7.63. The van der Waals surface area contributed by atoms with Crippen LogP contribution in [0.25, 0.3) is 11.1 Å². The van der Waals surface area contributed by atoms with Crippen LogP contribution in [0.15, 0.2) is 48.8 Å². The standard InChI is InChI=1S/C18H23N3O/c1-4-12-21(3)18(22)20-14(2)15-7-9-16(10-8-15)17-6-5-11-19-13-17/h5-11,13-14H,4,12H2,1-3H3,(H,20,22)/t14-/m0/s1. The largest absolute Gasteiger partial charge is 0.331 e. The summed E-state index contributed by atoms with van der Waals surface area (Å²) in [4.78, 5) is 17.9. The van der Waals surface area contributed by atoms with Gasteiger partial charge in [0.25, 0.3) is 0 Å². The van der Waals surface area contributed by atoms with Crippen molar-refractivity contribution in [1.82, 2.24) is 15.2 Å². The van der Waals surface area contributed by atoms with E-state index in [-0.39, 0.29) is 12.1 Å². The van der Waals surface area contributed by atoms with E-state index in [2.05, 4.69) is 29.4 Å². The maximum Gasteiger partial charge on any atom is 0.317 e. The third-order valence-electron chi connectivity index (χ3n) is 3.65. The number of nitrogens with one attached hydrogen (secondary N) is 1. The fourth-order valence-corrected chi connectivity index (χ4v) is 2.31. The Labute approximate surface area is 132 Å². The lowest BCUT2D eigenvalue weighted by molar-refractivity contribution is 0.205. The highest BCUT2D eigenvalue weighted by atomic mass is 16.2. The number of amides is 2. The molecule has 0 saturated heterocycles. The van der Waals surface area contributed by atoms with Crippen LogP contribution >= 0.6 is 0 Å². The lowest BCUT2D eigenvalue weighted by atomic mass is 10.0. The molecule has 1 aromatic carbocycles. The van der Waals surface area contributed by atoms with Crippen LogP contribution < -0.4 is 5.32 Å². The third kappa shape index (κ3) is 4.07. The van der Waals surface area contributed by atoms with Crippen molar-refractivity contribution >= 4 is 6.03 Å². The van der Waals surface area contributed by atoms with Gasteiger partial charge in [-0.25, -0.2) is 4.79 Å². The van der Waals surface area contributed by atoms with E-state index in [0.29, 0.717) is 0 Å². The number of carbonyl (C=O) groups is 1. The van der Waals surface area contributed by atoms with Crippen molar-refractivity contribution in [1.29, 1.82) is 0 Å². The highest BCUT2D eigenvalue weighted by molar-refractivity contribution is 5.74. The van der Waals surface area contributed by atoms with Crippen molar-refractivity contribution < 1.29 is 4.79 Å². The van der Waals surface area contributed by atoms with Crippen LogP contribution in [0.3, 0.4) is 0 Å². The van der Waals surface area contributed by atoms with E-state index in [9.17, 15) is 4.79 Å². The first-order chi connectivity index (χ1) is 10.6. The molecule has 0 fully saturated rings. The number of benzene rings is 1. The number of urea groups is 1. The summed E-state index contributed by atoms with van der Waals surface area (Å²) in [6.45, 7) is 4.82. The first-order valence-corrected chi connectivity index (χ1v) is 7.63. The zero-order valence-electron chi connectivity index (χ0n) is 13.4. The Morgan fingerprint density at radius 2 is 1.95 bits per heavy atom. The van der Waals surface area contributed by atoms with Gasteiger partial charge < -0.3 is 10.2 Å². The van der Waals surface area contributed by atoms with Crippen LogP contribution in [0.5, 0.6) is 0 Å². The first kappa shape index (κ1) is 16.0. The number of hydrogen-bond donors (Lipinski definition) is 1. The van der Waals surface area contributed by atoms with Gasteiger partial charge in [-0.05, 0) is 36.1 Å². The molecule has 2 aromatic rings. The van der Waals surface area contributed by atoms with Gasteiger partial charge in [0, 0.05) is 26.0 Å². The molecule has 0 aliphatic carbocycles. The minimum absolute atomic E-state index is 0.0187.